The topological polar surface area (TPSA) is 72.5 Å². The maximum absolute atomic E-state index is 13.6. The summed E-state index contributed by atoms with van der Waals surface area (Å²) in [7, 11) is -1.75. The second kappa shape index (κ2) is 7.35. The van der Waals surface area contributed by atoms with Gasteiger partial charge in [-0.15, -0.1) is 0 Å². The standard InChI is InChI=1S/C13H18FNO4S/c1-19-13(16)11-5-4-10(8-12(11)14)9-15-6-3-7-20(2,17)18/h4-5,8,15H,3,6-7,9H2,1-2H3. The quantitative estimate of drug-likeness (QED) is 0.604. The van der Waals surface area contributed by atoms with E-state index in [1.165, 1.54) is 25.5 Å². The molecular formula is C13H18FNO4S. The Morgan fingerprint density at radius 2 is 2.10 bits per heavy atom. The Morgan fingerprint density at radius 1 is 1.40 bits per heavy atom. The number of carbonyl (C=O) groups is 1. The van der Waals surface area contributed by atoms with Gasteiger partial charge in [0.05, 0.1) is 18.4 Å². The fourth-order valence-corrected chi connectivity index (χ4v) is 2.30. The first-order valence-electron chi connectivity index (χ1n) is 6.08. The molecule has 0 spiro atoms. The molecule has 0 aliphatic heterocycles. The highest BCUT2D eigenvalue weighted by atomic mass is 32.2. The minimum absolute atomic E-state index is 0.103. The van der Waals surface area contributed by atoms with Crippen molar-refractivity contribution in [3.05, 3.63) is 35.1 Å². The normalized spacial score (nSPS) is 11.3. The first-order valence-corrected chi connectivity index (χ1v) is 8.14. The molecule has 1 N–H and O–H groups in total. The summed E-state index contributed by atoms with van der Waals surface area (Å²) >= 11 is 0. The van der Waals surface area contributed by atoms with Crippen LogP contribution < -0.4 is 5.32 Å². The third-order valence-electron chi connectivity index (χ3n) is 2.64. The molecule has 0 bridgehead atoms. The summed E-state index contributed by atoms with van der Waals surface area (Å²) in [6.45, 7) is 0.926. The van der Waals surface area contributed by atoms with Crippen LogP contribution in [-0.4, -0.2) is 40.1 Å². The van der Waals surface area contributed by atoms with Crippen LogP contribution in [0.3, 0.4) is 0 Å². The lowest BCUT2D eigenvalue weighted by molar-refractivity contribution is 0.0595. The van der Waals surface area contributed by atoms with E-state index in [1.54, 1.807) is 6.07 Å². The Bertz CT molecular complexity index is 572. The Hall–Kier alpha value is -1.47. The number of nitrogens with one attached hydrogen (secondary N) is 1. The van der Waals surface area contributed by atoms with Crippen molar-refractivity contribution in [2.24, 2.45) is 0 Å². The van der Waals surface area contributed by atoms with E-state index in [2.05, 4.69) is 10.1 Å². The number of carbonyl (C=O) groups excluding carboxylic acids is 1. The van der Waals surface area contributed by atoms with Gasteiger partial charge in [-0.05, 0) is 30.7 Å². The van der Waals surface area contributed by atoms with Crippen molar-refractivity contribution >= 4 is 15.8 Å². The summed E-state index contributed by atoms with van der Waals surface area (Å²) in [4.78, 5) is 11.2. The predicted octanol–water partition coefficient (Wildman–Crippen LogP) is 1.14. The highest BCUT2D eigenvalue weighted by molar-refractivity contribution is 7.90. The molecule has 0 fully saturated rings. The first kappa shape index (κ1) is 16.6. The molecule has 20 heavy (non-hydrogen) atoms. The second-order valence-electron chi connectivity index (χ2n) is 4.47. The fraction of sp³-hybridized carbons (Fsp3) is 0.462. The number of methoxy groups -OCH3 is 1. The minimum atomic E-state index is -2.95. The van der Waals surface area contributed by atoms with Crippen molar-refractivity contribution in [2.45, 2.75) is 13.0 Å². The van der Waals surface area contributed by atoms with Crippen LogP contribution in [0.2, 0.25) is 0 Å². The SMILES string of the molecule is COC(=O)c1ccc(CNCCCS(C)(=O)=O)cc1F. The molecule has 0 radical (unpaired) electrons. The average molecular weight is 303 g/mol. The number of hydrogen-bond acceptors (Lipinski definition) is 5. The van der Waals surface area contributed by atoms with Crippen molar-refractivity contribution in [1.29, 1.82) is 0 Å². The molecule has 0 atom stereocenters. The Balaban J connectivity index is 2.46. The van der Waals surface area contributed by atoms with Crippen LogP contribution in [0.1, 0.15) is 22.3 Å². The van der Waals surface area contributed by atoms with Crippen LogP contribution in [0.25, 0.3) is 0 Å². The lowest BCUT2D eigenvalue weighted by Gasteiger charge is -2.06. The molecule has 1 rings (SSSR count). The van der Waals surface area contributed by atoms with Gasteiger partial charge in [-0.3, -0.25) is 0 Å². The Labute approximate surface area is 118 Å². The van der Waals surface area contributed by atoms with E-state index in [9.17, 15) is 17.6 Å². The molecule has 0 aliphatic carbocycles. The molecule has 1 aromatic rings. The third kappa shape index (κ3) is 5.66. The van der Waals surface area contributed by atoms with E-state index in [4.69, 9.17) is 0 Å². The van der Waals surface area contributed by atoms with Crippen LogP contribution >= 0.6 is 0 Å². The van der Waals surface area contributed by atoms with Crippen LogP contribution in [0.15, 0.2) is 18.2 Å². The van der Waals surface area contributed by atoms with Crippen LogP contribution in [0.4, 0.5) is 4.39 Å². The van der Waals surface area contributed by atoms with E-state index >= 15 is 0 Å². The van der Waals surface area contributed by atoms with Gasteiger partial charge in [0.2, 0.25) is 0 Å². The molecule has 0 saturated heterocycles. The highest BCUT2D eigenvalue weighted by Crippen LogP contribution is 2.11. The Morgan fingerprint density at radius 3 is 2.65 bits per heavy atom. The lowest BCUT2D eigenvalue weighted by atomic mass is 10.1. The molecular weight excluding hydrogens is 285 g/mol. The number of esters is 1. The maximum atomic E-state index is 13.6. The molecule has 0 aliphatic rings. The zero-order chi connectivity index (χ0) is 15.2. The van der Waals surface area contributed by atoms with Crippen LogP contribution in [0.5, 0.6) is 0 Å². The molecule has 0 amide bonds. The fourth-order valence-electron chi connectivity index (χ4n) is 1.64. The van der Waals surface area contributed by atoms with Crippen molar-refractivity contribution in [3.8, 4) is 0 Å². The molecule has 1 aromatic carbocycles. The summed E-state index contributed by atoms with van der Waals surface area (Å²) in [5, 5.41) is 3.02. The van der Waals surface area contributed by atoms with Crippen molar-refractivity contribution in [1.82, 2.24) is 5.32 Å². The number of hydrogen-bond donors (Lipinski definition) is 1. The van der Waals surface area contributed by atoms with Gasteiger partial charge in [0, 0.05) is 12.8 Å². The number of rotatable bonds is 7. The molecule has 0 unspecified atom stereocenters. The van der Waals surface area contributed by atoms with Gasteiger partial charge >= 0.3 is 5.97 Å². The van der Waals surface area contributed by atoms with Gasteiger partial charge in [0.25, 0.3) is 0 Å². The molecule has 0 saturated carbocycles. The third-order valence-corrected chi connectivity index (χ3v) is 3.67. The second-order valence-corrected chi connectivity index (χ2v) is 6.73. The van der Waals surface area contributed by atoms with E-state index in [0.29, 0.717) is 25.1 Å². The van der Waals surface area contributed by atoms with E-state index in [-0.39, 0.29) is 11.3 Å². The first-order chi connectivity index (χ1) is 9.33. The molecule has 7 heteroatoms. The van der Waals surface area contributed by atoms with Gasteiger partial charge < -0.3 is 10.1 Å². The monoisotopic (exact) mass is 303 g/mol. The van der Waals surface area contributed by atoms with Gasteiger partial charge in [0.15, 0.2) is 0 Å². The van der Waals surface area contributed by atoms with Gasteiger partial charge in [0.1, 0.15) is 15.7 Å². The average Bonchev–Trinajstić information content (AvgIpc) is 2.36. The van der Waals surface area contributed by atoms with E-state index in [1.807, 2.05) is 0 Å². The number of ether oxygens (including phenoxy) is 1. The number of halogens is 1. The van der Waals surface area contributed by atoms with Gasteiger partial charge in [-0.25, -0.2) is 17.6 Å². The predicted molar refractivity (Wildman–Crippen MR) is 73.8 cm³/mol. The Kier molecular flexibility index (Phi) is 6.09. The summed E-state index contributed by atoms with van der Waals surface area (Å²) < 4.78 is 39.9. The summed E-state index contributed by atoms with van der Waals surface area (Å²) in [5.41, 5.74) is 0.572. The van der Waals surface area contributed by atoms with Crippen molar-refractivity contribution in [3.63, 3.8) is 0 Å². The zero-order valence-corrected chi connectivity index (χ0v) is 12.3. The zero-order valence-electron chi connectivity index (χ0n) is 11.5. The maximum Gasteiger partial charge on any atom is 0.340 e. The van der Waals surface area contributed by atoms with Gasteiger partial charge in [-0.2, -0.15) is 0 Å². The summed E-state index contributed by atoms with van der Waals surface area (Å²) in [6.07, 6.45) is 1.69. The minimum Gasteiger partial charge on any atom is -0.465 e. The van der Waals surface area contributed by atoms with Crippen LogP contribution in [0, 0.1) is 5.82 Å². The van der Waals surface area contributed by atoms with Gasteiger partial charge in [-0.1, -0.05) is 6.07 Å². The number of sulfone groups is 1. The largest absolute Gasteiger partial charge is 0.465 e. The van der Waals surface area contributed by atoms with Crippen molar-refractivity contribution < 1.29 is 22.3 Å². The molecule has 0 heterocycles. The van der Waals surface area contributed by atoms with Crippen LogP contribution in [-0.2, 0) is 21.1 Å². The molecule has 0 aromatic heterocycles. The molecule has 112 valence electrons. The number of benzene rings is 1. The van der Waals surface area contributed by atoms with E-state index in [0.717, 1.165) is 0 Å². The lowest BCUT2D eigenvalue weighted by Crippen LogP contribution is -2.18. The smallest absolute Gasteiger partial charge is 0.340 e. The van der Waals surface area contributed by atoms with Crippen molar-refractivity contribution in [2.75, 3.05) is 25.7 Å². The molecule has 5 nitrogen and oxygen atoms in total. The summed E-state index contributed by atoms with van der Waals surface area (Å²) in [5.74, 6) is -1.22. The van der Waals surface area contributed by atoms with E-state index < -0.39 is 21.6 Å². The highest BCUT2D eigenvalue weighted by Gasteiger charge is 2.12. The summed E-state index contributed by atoms with van der Waals surface area (Å²) in [6, 6.07) is 4.25.